The third-order valence-electron chi connectivity index (χ3n) is 3.88. The van der Waals surface area contributed by atoms with E-state index in [1.165, 1.54) is 0 Å². The van der Waals surface area contributed by atoms with Gasteiger partial charge in [0.2, 0.25) is 0 Å². The van der Waals surface area contributed by atoms with Crippen molar-refractivity contribution in [1.82, 2.24) is 9.97 Å². The minimum Gasteiger partial charge on any atom is -0.356 e. The minimum absolute atomic E-state index is 0.347. The summed E-state index contributed by atoms with van der Waals surface area (Å²) in [6.45, 7) is 8.35. The Labute approximate surface area is 110 Å². The SMILES string of the molecule is CCc1cc(N2CCC(N)C(CC)C2)nc(C)n1. The first kappa shape index (κ1) is 13.3. The molecule has 0 aliphatic carbocycles. The van der Waals surface area contributed by atoms with Crippen LogP contribution >= 0.6 is 0 Å². The Bertz CT molecular complexity index is 405. The number of hydrogen-bond acceptors (Lipinski definition) is 4. The number of anilines is 1. The summed E-state index contributed by atoms with van der Waals surface area (Å²) >= 11 is 0. The molecule has 1 aromatic rings. The molecule has 0 bridgehead atoms. The molecule has 0 aromatic carbocycles. The Morgan fingerprint density at radius 3 is 2.83 bits per heavy atom. The van der Waals surface area contributed by atoms with Crippen molar-refractivity contribution >= 4 is 5.82 Å². The van der Waals surface area contributed by atoms with Crippen LogP contribution in [0.1, 0.15) is 38.2 Å². The van der Waals surface area contributed by atoms with Crippen LogP contribution in [0.3, 0.4) is 0 Å². The van der Waals surface area contributed by atoms with Crippen molar-refractivity contribution in [2.45, 2.75) is 46.1 Å². The van der Waals surface area contributed by atoms with E-state index in [0.717, 1.165) is 49.7 Å². The Morgan fingerprint density at radius 2 is 2.17 bits per heavy atom. The molecule has 4 heteroatoms. The fourth-order valence-electron chi connectivity index (χ4n) is 2.65. The third-order valence-corrected chi connectivity index (χ3v) is 3.88. The summed E-state index contributed by atoms with van der Waals surface area (Å²) in [7, 11) is 0. The average Bonchev–Trinajstić information content (AvgIpc) is 2.38. The van der Waals surface area contributed by atoms with E-state index in [4.69, 9.17) is 5.73 Å². The lowest BCUT2D eigenvalue weighted by atomic mass is 9.91. The first-order valence-electron chi connectivity index (χ1n) is 6.99. The van der Waals surface area contributed by atoms with Crippen LogP contribution in [0.25, 0.3) is 0 Å². The monoisotopic (exact) mass is 248 g/mol. The summed E-state index contributed by atoms with van der Waals surface area (Å²) < 4.78 is 0. The quantitative estimate of drug-likeness (QED) is 0.888. The largest absolute Gasteiger partial charge is 0.356 e. The molecule has 2 unspecified atom stereocenters. The molecule has 2 rings (SSSR count). The van der Waals surface area contributed by atoms with E-state index in [1.807, 2.05) is 6.92 Å². The Balaban J connectivity index is 2.18. The molecular weight excluding hydrogens is 224 g/mol. The number of aromatic nitrogens is 2. The van der Waals surface area contributed by atoms with Gasteiger partial charge in [-0.05, 0) is 25.7 Å². The summed E-state index contributed by atoms with van der Waals surface area (Å²) in [5, 5.41) is 0. The molecule has 0 saturated carbocycles. The van der Waals surface area contributed by atoms with Crippen molar-refractivity contribution in [1.29, 1.82) is 0 Å². The van der Waals surface area contributed by atoms with Crippen molar-refractivity contribution in [3.63, 3.8) is 0 Å². The lowest BCUT2D eigenvalue weighted by molar-refractivity contribution is 0.346. The van der Waals surface area contributed by atoms with E-state index < -0.39 is 0 Å². The molecule has 1 saturated heterocycles. The molecule has 0 amide bonds. The van der Waals surface area contributed by atoms with Gasteiger partial charge in [0.15, 0.2) is 0 Å². The van der Waals surface area contributed by atoms with Crippen molar-refractivity contribution in [3.8, 4) is 0 Å². The van der Waals surface area contributed by atoms with Gasteiger partial charge in [0.05, 0.1) is 0 Å². The number of nitrogens with two attached hydrogens (primary N) is 1. The maximum absolute atomic E-state index is 6.16. The zero-order valence-electron chi connectivity index (χ0n) is 11.7. The Morgan fingerprint density at radius 1 is 1.39 bits per heavy atom. The van der Waals surface area contributed by atoms with E-state index in [-0.39, 0.29) is 0 Å². The van der Waals surface area contributed by atoms with Crippen molar-refractivity contribution < 1.29 is 0 Å². The zero-order chi connectivity index (χ0) is 13.1. The van der Waals surface area contributed by atoms with Crippen LogP contribution in [0.15, 0.2) is 6.07 Å². The molecule has 18 heavy (non-hydrogen) atoms. The maximum atomic E-state index is 6.16. The highest BCUT2D eigenvalue weighted by molar-refractivity contribution is 5.40. The fourth-order valence-corrected chi connectivity index (χ4v) is 2.65. The molecule has 1 fully saturated rings. The Kier molecular flexibility index (Phi) is 4.17. The number of piperidine rings is 1. The molecule has 1 aliphatic heterocycles. The topological polar surface area (TPSA) is 55.0 Å². The van der Waals surface area contributed by atoms with E-state index in [1.54, 1.807) is 0 Å². The summed E-state index contributed by atoms with van der Waals surface area (Å²) in [5.41, 5.74) is 7.28. The van der Waals surface area contributed by atoms with Gasteiger partial charge in [-0.25, -0.2) is 9.97 Å². The second-order valence-electron chi connectivity index (χ2n) is 5.19. The highest BCUT2D eigenvalue weighted by Crippen LogP contribution is 2.23. The lowest BCUT2D eigenvalue weighted by Crippen LogP contribution is -2.47. The molecule has 100 valence electrons. The molecular formula is C14H24N4. The van der Waals surface area contributed by atoms with Crippen LogP contribution in [0, 0.1) is 12.8 Å². The number of hydrogen-bond donors (Lipinski definition) is 1. The van der Waals surface area contributed by atoms with Crippen LogP contribution in [-0.4, -0.2) is 29.1 Å². The van der Waals surface area contributed by atoms with E-state index in [9.17, 15) is 0 Å². The van der Waals surface area contributed by atoms with Gasteiger partial charge in [0.25, 0.3) is 0 Å². The summed E-state index contributed by atoms with van der Waals surface area (Å²) in [6, 6.07) is 2.47. The van der Waals surface area contributed by atoms with Gasteiger partial charge in [0.1, 0.15) is 11.6 Å². The van der Waals surface area contributed by atoms with E-state index in [0.29, 0.717) is 12.0 Å². The first-order chi connectivity index (χ1) is 8.63. The number of nitrogens with zero attached hydrogens (tertiary/aromatic N) is 3. The second-order valence-corrected chi connectivity index (χ2v) is 5.19. The number of aryl methyl sites for hydroxylation is 2. The zero-order valence-corrected chi connectivity index (χ0v) is 11.7. The third kappa shape index (κ3) is 2.80. The molecule has 1 aromatic heterocycles. The van der Waals surface area contributed by atoms with E-state index in [2.05, 4.69) is 34.8 Å². The van der Waals surface area contributed by atoms with Crippen molar-refractivity contribution in [2.24, 2.45) is 11.7 Å². The Hall–Kier alpha value is -1.16. The highest BCUT2D eigenvalue weighted by atomic mass is 15.2. The van der Waals surface area contributed by atoms with Crippen LogP contribution in [0.2, 0.25) is 0 Å². The van der Waals surface area contributed by atoms with Gasteiger partial charge < -0.3 is 10.6 Å². The first-order valence-corrected chi connectivity index (χ1v) is 6.99. The molecule has 2 heterocycles. The van der Waals surface area contributed by atoms with Gasteiger partial charge in [-0.1, -0.05) is 20.3 Å². The number of rotatable bonds is 3. The van der Waals surface area contributed by atoms with Crippen LogP contribution in [0.4, 0.5) is 5.82 Å². The van der Waals surface area contributed by atoms with Crippen molar-refractivity contribution in [2.75, 3.05) is 18.0 Å². The molecule has 2 atom stereocenters. The molecule has 4 nitrogen and oxygen atoms in total. The summed E-state index contributed by atoms with van der Waals surface area (Å²) in [4.78, 5) is 11.4. The highest BCUT2D eigenvalue weighted by Gasteiger charge is 2.26. The van der Waals surface area contributed by atoms with Gasteiger partial charge in [-0.2, -0.15) is 0 Å². The normalized spacial score (nSPS) is 24.3. The summed E-state index contributed by atoms with van der Waals surface area (Å²) in [5.74, 6) is 2.52. The second kappa shape index (κ2) is 5.65. The molecule has 1 aliphatic rings. The molecule has 0 radical (unpaired) electrons. The minimum atomic E-state index is 0.347. The smallest absolute Gasteiger partial charge is 0.132 e. The predicted octanol–water partition coefficient (Wildman–Crippen LogP) is 1.91. The van der Waals surface area contributed by atoms with Crippen molar-refractivity contribution in [3.05, 3.63) is 17.6 Å². The van der Waals surface area contributed by atoms with E-state index >= 15 is 0 Å². The summed E-state index contributed by atoms with van der Waals surface area (Å²) in [6.07, 6.45) is 3.16. The molecule has 2 N–H and O–H groups in total. The predicted molar refractivity (Wildman–Crippen MR) is 74.7 cm³/mol. The fraction of sp³-hybridized carbons (Fsp3) is 0.714. The molecule has 0 spiro atoms. The van der Waals surface area contributed by atoms with Gasteiger partial charge in [-0.15, -0.1) is 0 Å². The average molecular weight is 248 g/mol. The van der Waals surface area contributed by atoms with Crippen LogP contribution in [0.5, 0.6) is 0 Å². The van der Waals surface area contributed by atoms with Crippen LogP contribution in [-0.2, 0) is 6.42 Å². The van der Waals surface area contributed by atoms with Gasteiger partial charge in [-0.3, -0.25) is 0 Å². The van der Waals surface area contributed by atoms with Gasteiger partial charge >= 0.3 is 0 Å². The lowest BCUT2D eigenvalue weighted by Gasteiger charge is -2.37. The van der Waals surface area contributed by atoms with Gasteiger partial charge in [0, 0.05) is 30.9 Å². The van der Waals surface area contributed by atoms with Crippen LogP contribution < -0.4 is 10.6 Å². The maximum Gasteiger partial charge on any atom is 0.132 e. The standard InChI is InChI=1S/C14H24N4/c1-4-11-9-18(7-6-13(11)15)14-8-12(5-2)16-10(3)17-14/h8,11,13H,4-7,9,15H2,1-3H3.